The Morgan fingerprint density at radius 2 is 1.75 bits per heavy atom. The molecular weight excluding hydrogens is 254 g/mol. The molecule has 0 aliphatic carbocycles. The summed E-state index contributed by atoms with van der Waals surface area (Å²) in [6.07, 6.45) is 2.33. The van der Waals surface area contributed by atoms with Crippen LogP contribution in [0.1, 0.15) is 25.3 Å². The van der Waals surface area contributed by atoms with Crippen molar-refractivity contribution in [1.82, 2.24) is 10.6 Å². The maximum Gasteiger partial charge on any atom is 0.246 e. The molecule has 2 saturated heterocycles. The minimum absolute atomic E-state index is 0.0492. The second-order valence-corrected chi connectivity index (χ2v) is 5.74. The number of imide groups is 1. The van der Waals surface area contributed by atoms with E-state index >= 15 is 0 Å². The minimum Gasteiger partial charge on any atom is -0.353 e. The second kappa shape index (κ2) is 4.90. The Kier molecular flexibility index (Phi) is 3.22. The number of rotatable bonds is 2. The highest BCUT2D eigenvalue weighted by atomic mass is 16.2. The number of carbonyl (C=O) groups excluding carboxylic acids is 2. The SMILES string of the molecule is CC1(c2ccc(N3CC(=O)NC(=O)C3)cc2)CCCN1. The van der Waals surface area contributed by atoms with Crippen molar-refractivity contribution in [2.75, 3.05) is 24.5 Å². The molecule has 2 N–H and O–H groups in total. The Bertz CT molecular complexity index is 517. The van der Waals surface area contributed by atoms with E-state index in [1.807, 2.05) is 12.1 Å². The van der Waals surface area contributed by atoms with Gasteiger partial charge in [0.25, 0.3) is 0 Å². The maximum absolute atomic E-state index is 11.4. The van der Waals surface area contributed by atoms with Gasteiger partial charge in [0.05, 0.1) is 13.1 Å². The number of nitrogens with one attached hydrogen (secondary N) is 2. The summed E-state index contributed by atoms with van der Waals surface area (Å²) in [7, 11) is 0. The number of hydrogen-bond donors (Lipinski definition) is 2. The maximum atomic E-state index is 11.4. The molecule has 1 aromatic rings. The molecule has 0 aromatic heterocycles. The van der Waals surface area contributed by atoms with Crippen LogP contribution in [0.5, 0.6) is 0 Å². The van der Waals surface area contributed by atoms with Crippen molar-refractivity contribution in [3.63, 3.8) is 0 Å². The first kappa shape index (κ1) is 13.1. The number of piperazine rings is 1. The molecule has 5 nitrogen and oxygen atoms in total. The topological polar surface area (TPSA) is 61.4 Å². The fraction of sp³-hybridized carbons (Fsp3) is 0.467. The quantitative estimate of drug-likeness (QED) is 0.781. The van der Waals surface area contributed by atoms with Crippen molar-refractivity contribution in [3.8, 4) is 0 Å². The van der Waals surface area contributed by atoms with Gasteiger partial charge >= 0.3 is 0 Å². The lowest BCUT2D eigenvalue weighted by atomic mass is 9.90. The van der Waals surface area contributed by atoms with Crippen molar-refractivity contribution in [1.29, 1.82) is 0 Å². The number of hydrogen-bond acceptors (Lipinski definition) is 4. The van der Waals surface area contributed by atoms with Gasteiger partial charge in [0.15, 0.2) is 0 Å². The van der Waals surface area contributed by atoms with Crippen molar-refractivity contribution < 1.29 is 9.59 Å². The summed E-state index contributed by atoms with van der Waals surface area (Å²) in [5, 5.41) is 5.84. The number of amides is 2. The Balaban J connectivity index is 1.79. The Morgan fingerprint density at radius 1 is 1.10 bits per heavy atom. The number of nitrogens with zero attached hydrogens (tertiary/aromatic N) is 1. The molecule has 2 fully saturated rings. The van der Waals surface area contributed by atoms with E-state index < -0.39 is 0 Å². The van der Waals surface area contributed by atoms with E-state index in [9.17, 15) is 9.59 Å². The van der Waals surface area contributed by atoms with Crippen LogP contribution in [0.3, 0.4) is 0 Å². The largest absolute Gasteiger partial charge is 0.353 e. The molecule has 0 bridgehead atoms. The zero-order chi connectivity index (χ0) is 14.2. The lowest BCUT2D eigenvalue weighted by Gasteiger charge is -2.29. The average molecular weight is 273 g/mol. The molecule has 5 heteroatoms. The van der Waals surface area contributed by atoms with Crippen LogP contribution in [0.15, 0.2) is 24.3 Å². The zero-order valence-electron chi connectivity index (χ0n) is 11.6. The summed E-state index contributed by atoms with van der Waals surface area (Å²) >= 11 is 0. The average Bonchev–Trinajstić information content (AvgIpc) is 2.86. The Hall–Kier alpha value is -1.88. The highest BCUT2D eigenvalue weighted by Crippen LogP contribution is 2.31. The van der Waals surface area contributed by atoms with Crippen LogP contribution < -0.4 is 15.5 Å². The molecule has 2 aliphatic heterocycles. The molecule has 0 radical (unpaired) electrons. The molecule has 1 atom stereocenters. The van der Waals surface area contributed by atoms with Gasteiger partial charge in [-0.1, -0.05) is 12.1 Å². The van der Waals surface area contributed by atoms with E-state index in [1.165, 1.54) is 12.0 Å². The zero-order valence-corrected chi connectivity index (χ0v) is 11.6. The summed E-state index contributed by atoms with van der Waals surface area (Å²) in [4.78, 5) is 24.6. The number of carbonyl (C=O) groups is 2. The van der Waals surface area contributed by atoms with E-state index in [-0.39, 0.29) is 30.4 Å². The fourth-order valence-corrected chi connectivity index (χ4v) is 3.00. The van der Waals surface area contributed by atoms with Crippen LogP contribution in [0, 0.1) is 0 Å². The smallest absolute Gasteiger partial charge is 0.246 e. The third kappa shape index (κ3) is 2.41. The third-order valence-electron chi connectivity index (χ3n) is 4.19. The molecule has 3 rings (SSSR count). The minimum atomic E-state index is -0.241. The van der Waals surface area contributed by atoms with E-state index in [1.54, 1.807) is 4.90 Å². The molecular formula is C15H19N3O2. The highest BCUT2D eigenvalue weighted by molar-refractivity contribution is 6.02. The lowest BCUT2D eigenvalue weighted by Crippen LogP contribution is -2.51. The molecule has 1 aromatic carbocycles. The molecule has 0 spiro atoms. The molecule has 106 valence electrons. The van der Waals surface area contributed by atoms with Crippen LogP contribution in [0.25, 0.3) is 0 Å². The van der Waals surface area contributed by atoms with E-state index in [0.717, 1.165) is 18.7 Å². The highest BCUT2D eigenvalue weighted by Gasteiger charge is 2.30. The first-order valence-electron chi connectivity index (χ1n) is 7.00. The number of anilines is 1. The van der Waals surface area contributed by atoms with E-state index in [2.05, 4.69) is 29.7 Å². The summed E-state index contributed by atoms with van der Waals surface area (Å²) < 4.78 is 0. The normalized spacial score (nSPS) is 26.8. The fourth-order valence-electron chi connectivity index (χ4n) is 3.00. The van der Waals surface area contributed by atoms with Gasteiger partial charge in [-0.2, -0.15) is 0 Å². The lowest BCUT2D eigenvalue weighted by molar-refractivity contribution is -0.130. The van der Waals surface area contributed by atoms with Gasteiger partial charge in [-0.05, 0) is 44.0 Å². The van der Waals surface area contributed by atoms with Gasteiger partial charge in [0.2, 0.25) is 11.8 Å². The summed E-state index contributed by atoms with van der Waals surface area (Å²) in [5.41, 5.74) is 2.22. The first-order chi connectivity index (χ1) is 9.57. The van der Waals surface area contributed by atoms with Crippen molar-refractivity contribution >= 4 is 17.5 Å². The predicted octanol–water partition coefficient (Wildman–Crippen LogP) is 0.748. The molecule has 2 amide bonds. The monoisotopic (exact) mass is 273 g/mol. The molecule has 2 heterocycles. The summed E-state index contributed by atoms with van der Waals surface area (Å²) in [6.45, 7) is 3.74. The third-order valence-corrected chi connectivity index (χ3v) is 4.19. The van der Waals surface area contributed by atoms with Crippen molar-refractivity contribution in [2.45, 2.75) is 25.3 Å². The molecule has 1 unspecified atom stereocenters. The second-order valence-electron chi connectivity index (χ2n) is 5.74. The van der Waals surface area contributed by atoms with Crippen molar-refractivity contribution in [2.24, 2.45) is 0 Å². The molecule has 0 saturated carbocycles. The van der Waals surface area contributed by atoms with Crippen LogP contribution in [0.4, 0.5) is 5.69 Å². The summed E-state index contributed by atoms with van der Waals surface area (Å²) in [6, 6.07) is 8.16. The van der Waals surface area contributed by atoms with Crippen LogP contribution >= 0.6 is 0 Å². The standard InChI is InChI=1S/C15H19N3O2/c1-15(7-2-8-16-15)11-3-5-12(6-4-11)18-9-13(19)17-14(20)10-18/h3-6,16H,2,7-10H2,1H3,(H,17,19,20). The van der Waals surface area contributed by atoms with Gasteiger partial charge < -0.3 is 10.2 Å². The van der Waals surface area contributed by atoms with Crippen molar-refractivity contribution in [3.05, 3.63) is 29.8 Å². The summed E-state index contributed by atoms with van der Waals surface area (Å²) in [5.74, 6) is -0.482. The van der Waals surface area contributed by atoms with Gasteiger partial charge in [-0.25, -0.2) is 0 Å². The van der Waals surface area contributed by atoms with Crippen LogP contribution in [0.2, 0.25) is 0 Å². The Labute approximate surface area is 118 Å². The van der Waals surface area contributed by atoms with E-state index in [0.29, 0.717) is 0 Å². The van der Waals surface area contributed by atoms with Gasteiger partial charge in [0.1, 0.15) is 0 Å². The molecule has 2 aliphatic rings. The first-order valence-corrected chi connectivity index (χ1v) is 7.00. The number of benzene rings is 1. The molecule has 20 heavy (non-hydrogen) atoms. The van der Waals surface area contributed by atoms with Gasteiger partial charge in [-0.15, -0.1) is 0 Å². The predicted molar refractivity (Wildman–Crippen MR) is 76.4 cm³/mol. The van der Waals surface area contributed by atoms with Gasteiger partial charge in [-0.3, -0.25) is 14.9 Å². The van der Waals surface area contributed by atoms with E-state index in [4.69, 9.17) is 0 Å². The van der Waals surface area contributed by atoms with Crippen LogP contribution in [-0.2, 0) is 15.1 Å². The van der Waals surface area contributed by atoms with Gasteiger partial charge in [0, 0.05) is 11.2 Å². The van der Waals surface area contributed by atoms with Crippen LogP contribution in [-0.4, -0.2) is 31.4 Å². The Morgan fingerprint density at radius 3 is 2.30 bits per heavy atom.